The summed E-state index contributed by atoms with van der Waals surface area (Å²) in [7, 11) is 1.54. The number of aromatic nitrogens is 1. The Morgan fingerprint density at radius 1 is 0.898 bits per heavy atom. The van der Waals surface area contributed by atoms with Gasteiger partial charge in [-0.3, -0.25) is 24.3 Å². The Labute approximate surface area is 288 Å². The largest absolute Gasteiger partial charge is 0.493 e. The average Bonchev–Trinajstić information content (AvgIpc) is 3.91. The number of methoxy groups -OCH3 is 1. The number of aryl methyl sites for hydroxylation is 1. The zero-order valence-electron chi connectivity index (χ0n) is 27.6. The lowest BCUT2D eigenvalue weighted by Crippen LogP contribution is -2.48. The Kier molecular flexibility index (Phi) is 10.2. The lowest BCUT2D eigenvalue weighted by molar-refractivity contribution is -0.130. The number of carbonyl (C=O) groups is 3. The first-order chi connectivity index (χ1) is 23.6. The molecule has 3 heterocycles. The van der Waals surface area contributed by atoms with E-state index < -0.39 is 22.4 Å². The van der Waals surface area contributed by atoms with Crippen LogP contribution in [-0.4, -0.2) is 89.4 Å². The molecule has 256 valence electrons. The SMILES string of the molecule is COc1cc2c(Oc3ccc(NC(=O)C4(C(=O)Nc5ccc(C)cc5)CS4)cc3F)ccnc2cc1OCCCN1CCN(C(C)=O)CC1. The third-order valence-corrected chi connectivity index (χ3v) is 9.80. The smallest absolute Gasteiger partial charge is 0.251 e. The fourth-order valence-corrected chi connectivity index (χ4v) is 6.34. The zero-order chi connectivity index (χ0) is 34.5. The van der Waals surface area contributed by atoms with E-state index in [1.165, 1.54) is 23.9 Å². The summed E-state index contributed by atoms with van der Waals surface area (Å²) in [5.41, 5.74) is 2.43. The summed E-state index contributed by atoms with van der Waals surface area (Å²) in [4.78, 5) is 46.2. The highest BCUT2D eigenvalue weighted by Gasteiger charge is 2.58. The van der Waals surface area contributed by atoms with E-state index in [1.54, 1.807) is 50.6 Å². The average molecular weight is 688 g/mol. The molecule has 2 saturated heterocycles. The van der Waals surface area contributed by atoms with Gasteiger partial charge >= 0.3 is 0 Å². The molecule has 6 rings (SSSR count). The molecule has 0 spiro atoms. The Morgan fingerprint density at radius 3 is 2.24 bits per heavy atom. The van der Waals surface area contributed by atoms with Crippen LogP contribution >= 0.6 is 11.8 Å². The number of hydrogen-bond donors (Lipinski definition) is 2. The van der Waals surface area contributed by atoms with E-state index in [-0.39, 0.29) is 17.3 Å². The monoisotopic (exact) mass is 687 g/mol. The van der Waals surface area contributed by atoms with Crippen LogP contribution in [0.15, 0.2) is 66.9 Å². The zero-order valence-corrected chi connectivity index (χ0v) is 28.4. The van der Waals surface area contributed by atoms with E-state index in [0.717, 1.165) is 50.8 Å². The second kappa shape index (κ2) is 14.7. The molecular weight excluding hydrogens is 649 g/mol. The van der Waals surface area contributed by atoms with Gasteiger partial charge in [0.05, 0.1) is 19.2 Å². The van der Waals surface area contributed by atoms with Crippen LogP contribution in [0.4, 0.5) is 15.8 Å². The van der Waals surface area contributed by atoms with Gasteiger partial charge in [-0.25, -0.2) is 4.39 Å². The van der Waals surface area contributed by atoms with Gasteiger partial charge < -0.3 is 29.7 Å². The summed E-state index contributed by atoms with van der Waals surface area (Å²) in [6.45, 7) is 8.04. The molecule has 2 aliphatic heterocycles. The highest BCUT2D eigenvalue weighted by atomic mass is 32.2. The quantitative estimate of drug-likeness (QED) is 0.113. The Balaban J connectivity index is 1.07. The molecule has 1 atom stereocenters. The van der Waals surface area contributed by atoms with Crippen LogP contribution in [0.5, 0.6) is 23.0 Å². The fourth-order valence-electron chi connectivity index (χ4n) is 5.56. The van der Waals surface area contributed by atoms with Gasteiger partial charge in [0.2, 0.25) is 5.91 Å². The van der Waals surface area contributed by atoms with Crippen LogP contribution in [-0.2, 0) is 14.4 Å². The summed E-state index contributed by atoms with van der Waals surface area (Å²) < 4.78 is 31.7. The lowest BCUT2D eigenvalue weighted by Gasteiger charge is -2.34. The molecule has 2 N–H and O–H groups in total. The number of piperazine rings is 1. The number of pyridine rings is 1. The van der Waals surface area contributed by atoms with E-state index >= 15 is 4.39 Å². The van der Waals surface area contributed by atoms with Crippen molar-refractivity contribution in [1.29, 1.82) is 0 Å². The molecule has 11 nitrogen and oxygen atoms in total. The molecular formula is C36H38FN5O6S. The van der Waals surface area contributed by atoms with Crippen LogP contribution in [0.1, 0.15) is 18.9 Å². The van der Waals surface area contributed by atoms with E-state index in [2.05, 4.69) is 20.5 Å². The maximum atomic E-state index is 15.3. The van der Waals surface area contributed by atoms with Crippen LogP contribution in [0.3, 0.4) is 0 Å². The summed E-state index contributed by atoms with van der Waals surface area (Å²) in [6, 6.07) is 16.5. The van der Waals surface area contributed by atoms with Crippen molar-refractivity contribution in [1.82, 2.24) is 14.8 Å². The first-order valence-corrected chi connectivity index (χ1v) is 17.0. The Hall–Kier alpha value is -4.88. The Morgan fingerprint density at radius 2 is 1.59 bits per heavy atom. The third-order valence-electron chi connectivity index (χ3n) is 8.57. The number of fused-ring (bicyclic) bond motifs is 1. The second-order valence-corrected chi connectivity index (χ2v) is 13.3. The molecule has 0 bridgehead atoms. The van der Waals surface area contributed by atoms with Crippen molar-refractivity contribution < 1.29 is 33.0 Å². The molecule has 4 aromatic rings. The number of benzene rings is 3. The van der Waals surface area contributed by atoms with E-state index in [0.29, 0.717) is 46.2 Å². The van der Waals surface area contributed by atoms with Crippen molar-refractivity contribution in [3.05, 3.63) is 78.2 Å². The number of thioether (sulfide) groups is 1. The number of nitrogens with one attached hydrogen (secondary N) is 2. The topological polar surface area (TPSA) is 122 Å². The molecule has 0 saturated carbocycles. The van der Waals surface area contributed by atoms with E-state index in [4.69, 9.17) is 14.2 Å². The minimum absolute atomic E-state index is 0.0541. The van der Waals surface area contributed by atoms with Crippen LogP contribution in [0.2, 0.25) is 0 Å². The highest BCUT2D eigenvalue weighted by Crippen LogP contribution is 2.46. The number of ether oxygens (including phenoxy) is 3. The van der Waals surface area contributed by atoms with Crippen molar-refractivity contribution in [3.8, 4) is 23.0 Å². The number of anilines is 2. The normalized spacial score (nSPS) is 17.3. The summed E-state index contributed by atoms with van der Waals surface area (Å²) in [5.74, 6) is 0.120. The number of nitrogens with zero attached hydrogens (tertiary/aromatic N) is 3. The number of rotatable bonds is 12. The van der Waals surface area contributed by atoms with Crippen molar-refractivity contribution in [2.75, 3.05) is 62.8 Å². The van der Waals surface area contributed by atoms with Gasteiger partial charge in [-0.05, 0) is 49.7 Å². The summed E-state index contributed by atoms with van der Waals surface area (Å²) >= 11 is 1.22. The van der Waals surface area contributed by atoms with Gasteiger partial charge in [-0.2, -0.15) is 0 Å². The molecule has 2 aliphatic rings. The van der Waals surface area contributed by atoms with E-state index in [9.17, 15) is 14.4 Å². The first-order valence-electron chi connectivity index (χ1n) is 16.0. The van der Waals surface area contributed by atoms with Crippen molar-refractivity contribution in [2.45, 2.75) is 25.0 Å². The predicted octanol–water partition coefficient (Wildman–Crippen LogP) is 5.48. The minimum Gasteiger partial charge on any atom is -0.493 e. The molecule has 1 aromatic heterocycles. The summed E-state index contributed by atoms with van der Waals surface area (Å²) in [6.07, 6.45) is 2.36. The number of hydrogen-bond acceptors (Lipinski definition) is 9. The van der Waals surface area contributed by atoms with E-state index in [1.807, 2.05) is 24.0 Å². The lowest BCUT2D eigenvalue weighted by atomic mass is 10.1. The van der Waals surface area contributed by atoms with Gasteiger partial charge in [0.15, 0.2) is 27.8 Å². The maximum absolute atomic E-state index is 15.3. The second-order valence-electron chi connectivity index (χ2n) is 12.0. The Bertz CT molecular complexity index is 1860. The number of carbonyl (C=O) groups excluding carboxylic acids is 3. The predicted molar refractivity (Wildman–Crippen MR) is 187 cm³/mol. The van der Waals surface area contributed by atoms with Gasteiger partial charge in [0.25, 0.3) is 11.8 Å². The molecule has 13 heteroatoms. The molecule has 0 aliphatic carbocycles. The molecule has 3 amide bonds. The maximum Gasteiger partial charge on any atom is 0.251 e. The van der Waals surface area contributed by atoms with Crippen molar-refractivity contribution >= 4 is 51.8 Å². The first kappa shape index (κ1) is 34.0. The van der Waals surface area contributed by atoms with Gasteiger partial charge in [0, 0.05) is 80.5 Å². The molecule has 3 aromatic carbocycles. The van der Waals surface area contributed by atoms with Gasteiger partial charge in [-0.15, -0.1) is 11.8 Å². The standard InChI is InChI=1S/C36H38FN5O6S/c1-23-5-7-25(8-6-23)39-34(44)36(22-49-36)35(45)40-26-9-10-31(28(37)19-26)48-30-11-12-38-29-21-33(32(46-3)20-27(29)30)47-18-4-13-41-14-16-42(17-15-41)24(2)43/h5-12,19-21H,4,13-18,22H2,1-3H3,(H,39,44)(H,40,45). The van der Waals surface area contributed by atoms with Crippen LogP contribution in [0, 0.1) is 12.7 Å². The highest BCUT2D eigenvalue weighted by molar-refractivity contribution is 8.09. The molecule has 0 radical (unpaired) electrons. The fraction of sp³-hybridized carbons (Fsp3) is 0.333. The van der Waals surface area contributed by atoms with Crippen molar-refractivity contribution in [3.63, 3.8) is 0 Å². The third kappa shape index (κ3) is 7.89. The van der Waals surface area contributed by atoms with Gasteiger partial charge in [0.1, 0.15) is 5.75 Å². The number of amides is 3. The number of halogens is 1. The molecule has 2 fully saturated rings. The summed E-state index contributed by atoms with van der Waals surface area (Å²) in [5, 5.41) is 6.06. The van der Waals surface area contributed by atoms with Crippen LogP contribution < -0.4 is 24.8 Å². The molecule has 1 unspecified atom stereocenters. The minimum atomic E-state index is -1.28. The van der Waals surface area contributed by atoms with Crippen molar-refractivity contribution in [2.24, 2.45) is 0 Å². The molecule has 49 heavy (non-hydrogen) atoms. The van der Waals surface area contributed by atoms with Gasteiger partial charge in [-0.1, -0.05) is 17.7 Å². The van der Waals surface area contributed by atoms with Crippen LogP contribution in [0.25, 0.3) is 10.9 Å².